The topological polar surface area (TPSA) is 61.4 Å². The van der Waals surface area contributed by atoms with Crippen LogP contribution in [0.1, 0.15) is 0 Å². The number of anilines is 2. The van der Waals surface area contributed by atoms with Gasteiger partial charge in [0.2, 0.25) is 9.84 Å². The molecule has 1 saturated heterocycles. The fraction of sp³-hybridized carbons (Fsp3) is 0.238. The molecule has 2 N–H and O–H groups in total. The lowest BCUT2D eigenvalue weighted by atomic mass is 10.1. The molecule has 0 aromatic heterocycles. The largest absolute Gasteiger partial charge is 0.387 e. The number of hydrogen-bond donors (Lipinski definition) is 2. The van der Waals surface area contributed by atoms with E-state index in [4.69, 9.17) is 11.6 Å². The van der Waals surface area contributed by atoms with Gasteiger partial charge in [-0.3, -0.25) is 0 Å². The van der Waals surface area contributed by atoms with E-state index in [1.807, 2.05) is 24.3 Å². The number of halogens is 1. The third-order valence-corrected chi connectivity index (χ3v) is 7.10. The molecule has 4 rings (SSSR count). The first-order valence-electron chi connectivity index (χ1n) is 9.22. The zero-order valence-corrected chi connectivity index (χ0v) is 17.1. The molecule has 0 aliphatic carbocycles. The van der Waals surface area contributed by atoms with E-state index in [9.17, 15) is 8.42 Å². The van der Waals surface area contributed by atoms with Crippen LogP contribution >= 0.6 is 11.6 Å². The van der Waals surface area contributed by atoms with E-state index in [1.165, 1.54) is 6.07 Å². The highest BCUT2D eigenvalue weighted by Crippen LogP contribution is 2.40. The zero-order valence-electron chi connectivity index (χ0n) is 15.6. The van der Waals surface area contributed by atoms with Gasteiger partial charge < -0.3 is 15.5 Å². The highest BCUT2D eigenvalue weighted by atomic mass is 35.5. The van der Waals surface area contributed by atoms with Crippen LogP contribution in [0.3, 0.4) is 0 Å². The SMILES string of the molecule is CNc1c(S(=O)(=O)c2cccc(Cl)c2)cc(N2CCNCC2)c2ccccc12. The third kappa shape index (κ3) is 3.32. The van der Waals surface area contributed by atoms with Crippen LogP contribution in [0.4, 0.5) is 11.4 Å². The molecule has 0 radical (unpaired) electrons. The first kappa shape index (κ1) is 19.1. The summed E-state index contributed by atoms with van der Waals surface area (Å²) in [6.45, 7) is 3.41. The van der Waals surface area contributed by atoms with E-state index in [2.05, 4.69) is 15.5 Å². The molecule has 7 heteroatoms. The first-order valence-corrected chi connectivity index (χ1v) is 11.1. The fourth-order valence-corrected chi connectivity index (χ4v) is 5.53. The third-order valence-electron chi connectivity index (χ3n) is 5.09. The van der Waals surface area contributed by atoms with Gasteiger partial charge in [-0.1, -0.05) is 41.9 Å². The van der Waals surface area contributed by atoms with E-state index < -0.39 is 9.84 Å². The Morgan fingerprint density at radius 3 is 2.39 bits per heavy atom. The highest BCUT2D eigenvalue weighted by molar-refractivity contribution is 7.91. The summed E-state index contributed by atoms with van der Waals surface area (Å²) < 4.78 is 27.0. The minimum absolute atomic E-state index is 0.193. The number of nitrogens with zero attached hydrogens (tertiary/aromatic N) is 1. The van der Waals surface area contributed by atoms with Crippen LogP contribution < -0.4 is 15.5 Å². The molecule has 0 atom stereocenters. The van der Waals surface area contributed by atoms with Crippen LogP contribution in [-0.4, -0.2) is 41.6 Å². The minimum atomic E-state index is -3.75. The highest BCUT2D eigenvalue weighted by Gasteiger charge is 2.26. The van der Waals surface area contributed by atoms with Gasteiger partial charge in [-0.25, -0.2) is 8.42 Å². The van der Waals surface area contributed by atoms with Crippen molar-refractivity contribution in [3.8, 4) is 0 Å². The van der Waals surface area contributed by atoms with Gasteiger partial charge in [-0.15, -0.1) is 0 Å². The van der Waals surface area contributed by atoms with Gasteiger partial charge in [0.05, 0.1) is 15.5 Å². The molecule has 0 amide bonds. The average molecular weight is 416 g/mol. The Labute approximate surface area is 170 Å². The Hall–Kier alpha value is -2.28. The molecule has 0 bridgehead atoms. The Balaban J connectivity index is 2.00. The molecule has 5 nitrogen and oxygen atoms in total. The smallest absolute Gasteiger partial charge is 0.208 e. The van der Waals surface area contributed by atoms with Gasteiger partial charge in [0, 0.05) is 54.7 Å². The summed E-state index contributed by atoms with van der Waals surface area (Å²) in [7, 11) is -1.99. The lowest BCUT2D eigenvalue weighted by Crippen LogP contribution is -2.43. The second-order valence-electron chi connectivity index (χ2n) is 6.76. The van der Waals surface area contributed by atoms with Crippen molar-refractivity contribution < 1.29 is 8.42 Å². The quantitative estimate of drug-likeness (QED) is 0.679. The summed E-state index contributed by atoms with van der Waals surface area (Å²) in [4.78, 5) is 2.71. The summed E-state index contributed by atoms with van der Waals surface area (Å²) in [5, 5.41) is 8.79. The number of nitrogens with one attached hydrogen (secondary N) is 2. The number of rotatable bonds is 4. The monoisotopic (exact) mass is 415 g/mol. The van der Waals surface area contributed by atoms with Crippen LogP contribution in [0.25, 0.3) is 10.8 Å². The van der Waals surface area contributed by atoms with Gasteiger partial charge in [-0.2, -0.15) is 0 Å². The molecular formula is C21H22ClN3O2S. The summed E-state index contributed by atoms with van der Waals surface area (Å²) in [6, 6.07) is 16.1. The van der Waals surface area contributed by atoms with Crippen molar-refractivity contribution in [3.63, 3.8) is 0 Å². The van der Waals surface area contributed by atoms with Gasteiger partial charge in [0.15, 0.2) is 0 Å². The van der Waals surface area contributed by atoms with E-state index in [0.717, 1.165) is 42.6 Å². The lowest BCUT2D eigenvalue weighted by Gasteiger charge is -2.31. The predicted octanol–water partition coefficient (Wildman–Crippen LogP) is 3.78. The zero-order chi connectivity index (χ0) is 19.7. The van der Waals surface area contributed by atoms with Crippen LogP contribution in [0.5, 0.6) is 0 Å². The summed E-state index contributed by atoms with van der Waals surface area (Å²) >= 11 is 6.06. The van der Waals surface area contributed by atoms with Crippen LogP contribution in [-0.2, 0) is 9.84 Å². The van der Waals surface area contributed by atoms with Crippen molar-refractivity contribution in [1.82, 2.24) is 5.32 Å². The molecule has 146 valence electrons. The number of piperazine rings is 1. The molecule has 0 unspecified atom stereocenters. The Morgan fingerprint density at radius 1 is 1.00 bits per heavy atom. The molecule has 3 aromatic rings. The van der Waals surface area contributed by atoms with E-state index >= 15 is 0 Å². The van der Waals surface area contributed by atoms with Crippen LogP contribution in [0.2, 0.25) is 5.02 Å². The molecular weight excluding hydrogens is 394 g/mol. The van der Waals surface area contributed by atoms with Crippen LogP contribution in [0.15, 0.2) is 64.4 Å². The number of sulfone groups is 1. The molecule has 0 spiro atoms. The van der Waals surface area contributed by atoms with Crippen molar-refractivity contribution in [2.75, 3.05) is 43.4 Å². The normalized spacial score (nSPS) is 15.0. The van der Waals surface area contributed by atoms with E-state index in [0.29, 0.717) is 10.7 Å². The maximum absolute atomic E-state index is 13.5. The fourth-order valence-electron chi connectivity index (χ4n) is 3.73. The maximum atomic E-state index is 13.5. The van der Waals surface area contributed by atoms with Crippen molar-refractivity contribution in [2.24, 2.45) is 0 Å². The Morgan fingerprint density at radius 2 is 1.71 bits per heavy atom. The number of benzene rings is 3. The van der Waals surface area contributed by atoms with Crippen LogP contribution in [0, 0.1) is 0 Å². The average Bonchev–Trinajstić information content (AvgIpc) is 2.73. The minimum Gasteiger partial charge on any atom is -0.387 e. The van der Waals surface area contributed by atoms with E-state index in [-0.39, 0.29) is 9.79 Å². The number of hydrogen-bond acceptors (Lipinski definition) is 5. The molecule has 0 saturated carbocycles. The first-order chi connectivity index (χ1) is 13.5. The van der Waals surface area contributed by atoms with Crippen molar-refractivity contribution in [3.05, 3.63) is 59.6 Å². The predicted molar refractivity (Wildman–Crippen MR) is 115 cm³/mol. The van der Waals surface area contributed by atoms with Crippen molar-refractivity contribution in [2.45, 2.75) is 9.79 Å². The summed E-state index contributed by atoms with van der Waals surface area (Å²) in [6.07, 6.45) is 0. The lowest BCUT2D eigenvalue weighted by molar-refractivity contribution is 0.588. The Kier molecular flexibility index (Phi) is 5.19. The molecule has 1 fully saturated rings. The van der Waals surface area contributed by atoms with E-state index in [1.54, 1.807) is 31.3 Å². The standard InChI is InChI=1S/C21H22ClN3O2S/c1-23-21-18-8-3-2-7-17(18)19(25-11-9-24-10-12-25)14-20(21)28(26,27)16-6-4-5-15(22)13-16/h2-8,13-14,23-24H,9-12H2,1H3. The molecule has 3 aromatic carbocycles. The van der Waals surface area contributed by atoms with Gasteiger partial charge in [-0.05, 0) is 24.3 Å². The Bertz CT molecular complexity index is 1130. The van der Waals surface area contributed by atoms with Crippen molar-refractivity contribution >= 4 is 43.6 Å². The van der Waals surface area contributed by atoms with Gasteiger partial charge in [0.1, 0.15) is 0 Å². The maximum Gasteiger partial charge on any atom is 0.208 e. The molecule has 28 heavy (non-hydrogen) atoms. The van der Waals surface area contributed by atoms with Gasteiger partial charge >= 0.3 is 0 Å². The summed E-state index contributed by atoms with van der Waals surface area (Å²) in [5.41, 5.74) is 1.55. The second kappa shape index (κ2) is 7.62. The molecule has 1 aliphatic heterocycles. The molecule has 1 heterocycles. The molecule has 1 aliphatic rings. The second-order valence-corrected chi connectivity index (χ2v) is 9.12. The number of fused-ring (bicyclic) bond motifs is 1. The summed E-state index contributed by atoms with van der Waals surface area (Å²) in [5.74, 6) is 0. The van der Waals surface area contributed by atoms with Gasteiger partial charge in [0.25, 0.3) is 0 Å². The van der Waals surface area contributed by atoms with Crippen molar-refractivity contribution in [1.29, 1.82) is 0 Å².